The van der Waals surface area contributed by atoms with Crippen molar-refractivity contribution in [1.82, 2.24) is 9.88 Å². The number of anilines is 2. The van der Waals surface area contributed by atoms with Crippen molar-refractivity contribution in [1.29, 1.82) is 0 Å². The molecular formula is C12H18F3N5. The van der Waals surface area contributed by atoms with Gasteiger partial charge in [-0.25, -0.2) is 10.8 Å². The van der Waals surface area contributed by atoms with Crippen molar-refractivity contribution in [3.63, 3.8) is 0 Å². The number of alkyl halides is 3. The van der Waals surface area contributed by atoms with Crippen molar-refractivity contribution in [3.05, 3.63) is 17.7 Å². The summed E-state index contributed by atoms with van der Waals surface area (Å²) in [6.45, 7) is 1.34. The molecule has 0 radical (unpaired) electrons. The maximum atomic E-state index is 12.9. The van der Waals surface area contributed by atoms with Gasteiger partial charge in [-0.15, -0.1) is 0 Å². The molecule has 5 nitrogen and oxygen atoms in total. The van der Waals surface area contributed by atoms with Crippen LogP contribution in [0.1, 0.15) is 12.0 Å². The van der Waals surface area contributed by atoms with Gasteiger partial charge in [0, 0.05) is 19.1 Å². The number of nitrogens with one attached hydrogen (secondary N) is 1. The topological polar surface area (TPSA) is 57.4 Å². The third-order valence-corrected chi connectivity index (χ3v) is 3.50. The summed E-state index contributed by atoms with van der Waals surface area (Å²) < 4.78 is 38.6. The number of rotatable bonds is 3. The van der Waals surface area contributed by atoms with Gasteiger partial charge in [0.15, 0.2) is 0 Å². The highest BCUT2D eigenvalue weighted by Gasteiger charge is 2.33. The monoisotopic (exact) mass is 289 g/mol. The second-order valence-corrected chi connectivity index (χ2v) is 5.09. The van der Waals surface area contributed by atoms with Crippen LogP contribution in [0, 0.1) is 0 Å². The molecule has 0 saturated carbocycles. The molecule has 1 aliphatic heterocycles. The minimum atomic E-state index is -4.41. The lowest BCUT2D eigenvalue weighted by atomic mass is 10.2. The molecule has 1 aromatic heterocycles. The van der Waals surface area contributed by atoms with Crippen molar-refractivity contribution in [3.8, 4) is 0 Å². The molecule has 2 rings (SSSR count). The molecule has 2 heterocycles. The number of pyridine rings is 1. The van der Waals surface area contributed by atoms with Gasteiger partial charge in [-0.2, -0.15) is 13.2 Å². The van der Waals surface area contributed by atoms with Crippen LogP contribution in [0.3, 0.4) is 0 Å². The van der Waals surface area contributed by atoms with Crippen LogP contribution in [-0.2, 0) is 6.18 Å². The normalized spacial score (nSPS) is 19.8. The third kappa shape index (κ3) is 3.13. The lowest BCUT2D eigenvalue weighted by molar-refractivity contribution is -0.137. The standard InChI is InChI=1S/C12H18F3N5/c1-19(2)9-3-4-20(7-9)11-6-8(12(13,14)15)5-10(17-11)18-16/h5-6,9H,3-4,7,16H2,1-2H3,(H,17,18). The fraction of sp³-hybridized carbons (Fsp3) is 0.583. The Balaban J connectivity index is 2.28. The first-order valence-electron chi connectivity index (χ1n) is 6.28. The summed E-state index contributed by atoms with van der Waals surface area (Å²) in [6.07, 6.45) is -3.51. The lowest BCUT2D eigenvalue weighted by Gasteiger charge is -2.22. The van der Waals surface area contributed by atoms with Gasteiger partial charge in [-0.1, -0.05) is 0 Å². The molecular weight excluding hydrogens is 271 g/mol. The third-order valence-electron chi connectivity index (χ3n) is 3.50. The zero-order valence-corrected chi connectivity index (χ0v) is 11.4. The summed E-state index contributed by atoms with van der Waals surface area (Å²) in [6, 6.07) is 2.29. The summed E-state index contributed by atoms with van der Waals surface area (Å²) in [4.78, 5) is 8.03. The minimum Gasteiger partial charge on any atom is -0.355 e. The SMILES string of the molecule is CN(C)C1CCN(c2cc(C(F)(F)F)cc(NN)n2)C1. The molecule has 0 aliphatic carbocycles. The molecule has 1 unspecified atom stereocenters. The van der Waals surface area contributed by atoms with E-state index in [9.17, 15) is 13.2 Å². The molecule has 3 N–H and O–H groups in total. The largest absolute Gasteiger partial charge is 0.416 e. The summed E-state index contributed by atoms with van der Waals surface area (Å²) >= 11 is 0. The summed E-state index contributed by atoms with van der Waals surface area (Å²) in [7, 11) is 3.92. The minimum absolute atomic E-state index is 0.0168. The zero-order chi connectivity index (χ0) is 14.9. The van der Waals surface area contributed by atoms with E-state index in [1.54, 1.807) is 0 Å². The maximum absolute atomic E-state index is 12.9. The zero-order valence-electron chi connectivity index (χ0n) is 11.4. The van der Waals surface area contributed by atoms with E-state index in [4.69, 9.17) is 5.84 Å². The second kappa shape index (κ2) is 5.45. The van der Waals surface area contributed by atoms with E-state index in [1.807, 2.05) is 19.0 Å². The number of nitrogen functional groups attached to an aromatic ring is 1. The number of hydrazine groups is 1. The molecule has 1 saturated heterocycles. The molecule has 0 amide bonds. The molecule has 20 heavy (non-hydrogen) atoms. The number of aromatic nitrogens is 1. The first-order chi connectivity index (χ1) is 9.31. The van der Waals surface area contributed by atoms with Gasteiger partial charge in [0.2, 0.25) is 0 Å². The smallest absolute Gasteiger partial charge is 0.355 e. The number of nitrogens with two attached hydrogens (primary N) is 1. The van der Waals surface area contributed by atoms with Gasteiger partial charge in [-0.05, 0) is 32.6 Å². The Bertz CT molecular complexity index is 475. The first-order valence-corrected chi connectivity index (χ1v) is 6.28. The van der Waals surface area contributed by atoms with Crippen molar-refractivity contribution in [2.75, 3.05) is 37.5 Å². The van der Waals surface area contributed by atoms with Gasteiger partial charge in [0.1, 0.15) is 11.6 Å². The predicted molar refractivity (Wildman–Crippen MR) is 71.4 cm³/mol. The maximum Gasteiger partial charge on any atom is 0.416 e. The quantitative estimate of drug-likeness (QED) is 0.653. The Morgan fingerprint density at radius 1 is 1.40 bits per heavy atom. The molecule has 0 bridgehead atoms. The highest BCUT2D eigenvalue weighted by atomic mass is 19.4. The van der Waals surface area contributed by atoms with E-state index in [1.165, 1.54) is 0 Å². The van der Waals surface area contributed by atoms with E-state index in [2.05, 4.69) is 15.3 Å². The Labute approximate surface area is 115 Å². The van der Waals surface area contributed by atoms with Gasteiger partial charge < -0.3 is 15.2 Å². The number of hydrogen-bond acceptors (Lipinski definition) is 5. The first kappa shape index (κ1) is 14.9. The van der Waals surface area contributed by atoms with Crippen molar-refractivity contribution in [2.45, 2.75) is 18.6 Å². The summed E-state index contributed by atoms with van der Waals surface area (Å²) in [5.41, 5.74) is 1.44. The van der Waals surface area contributed by atoms with E-state index in [-0.39, 0.29) is 5.82 Å². The van der Waals surface area contributed by atoms with E-state index < -0.39 is 11.7 Å². The van der Waals surface area contributed by atoms with Crippen LogP contribution in [-0.4, -0.2) is 43.1 Å². The molecule has 0 spiro atoms. The second-order valence-electron chi connectivity index (χ2n) is 5.09. The van der Waals surface area contributed by atoms with Crippen molar-refractivity contribution < 1.29 is 13.2 Å². The summed E-state index contributed by atoms with van der Waals surface area (Å²) in [5.74, 6) is 5.52. The molecule has 0 aromatic carbocycles. The van der Waals surface area contributed by atoms with Gasteiger partial charge >= 0.3 is 6.18 Å². The van der Waals surface area contributed by atoms with Crippen LogP contribution < -0.4 is 16.2 Å². The number of hydrogen-bond donors (Lipinski definition) is 2. The Hall–Kier alpha value is -1.54. The Morgan fingerprint density at radius 2 is 2.10 bits per heavy atom. The lowest BCUT2D eigenvalue weighted by Crippen LogP contribution is -2.32. The molecule has 1 aromatic rings. The molecule has 8 heteroatoms. The van der Waals surface area contributed by atoms with Gasteiger partial charge in [0.25, 0.3) is 0 Å². The van der Waals surface area contributed by atoms with Gasteiger partial charge in [0.05, 0.1) is 5.56 Å². The van der Waals surface area contributed by atoms with Gasteiger partial charge in [-0.3, -0.25) is 0 Å². The number of nitrogens with zero attached hydrogens (tertiary/aromatic N) is 3. The highest BCUT2D eigenvalue weighted by molar-refractivity contribution is 5.51. The highest BCUT2D eigenvalue weighted by Crippen LogP contribution is 2.33. The average Bonchev–Trinajstić information content (AvgIpc) is 2.87. The Morgan fingerprint density at radius 3 is 2.60 bits per heavy atom. The van der Waals surface area contributed by atoms with Crippen LogP contribution in [0.5, 0.6) is 0 Å². The average molecular weight is 289 g/mol. The molecule has 1 atom stereocenters. The predicted octanol–water partition coefficient (Wildman–Crippen LogP) is 1.53. The van der Waals surface area contributed by atoms with Crippen LogP contribution in [0.15, 0.2) is 12.1 Å². The van der Waals surface area contributed by atoms with Crippen molar-refractivity contribution in [2.24, 2.45) is 5.84 Å². The fourth-order valence-electron chi connectivity index (χ4n) is 2.29. The van der Waals surface area contributed by atoms with Crippen LogP contribution in [0.2, 0.25) is 0 Å². The number of halogens is 3. The molecule has 112 valence electrons. The molecule has 1 aliphatic rings. The van der Waals surface area contributed by atoms with Crippen LogP contribution in [0.4, 0.5) is 24.8 Å². The van der Waals surface area contributed by atoms with Crippen LogP contribution in [0.25, 0.3) is 0 Å². The van der Waals surface area contributed by atoms with Crippen molar-refractivity contribution >= 4 is 11.6 Å². The molecule has 1 fully saturated rings. The van der Waals surface area contributed by atoms with Crippen LogP contribution >= 0.6 is 0 Å². The summed E-state index contributed by atoms with van der Waals surface area (Å²) in [5, 5.41) is 0. The van der Waals surface area contributed by atoms with E-state index in [0.717, 1.165) is 18.6 Å². The number of likely N-dealkylation sites (N-methyl/N-ethyl adjacent to an activating group) is 1. The van der Waals surface area contributed by atoms with E-state index >= 15 is 0 Å². The van der Waals surface area contributed by atoms with E-state index in [0.29, 0.717) is 24.9 Å². The fourth-order valence-corrected chi connectivity index (χ4v) is 2.29. The Kier molecular flexibility index (Phi) is 4.05.